The van der Waals surface area contributed by atoms with Crippen molar-refractivity contribution in [2.24, 2.45) is 13.0 Å². The average molecular weight is 285 g/mol. The van der Waals surface area contributed by atoms with E-state index in [0.29, 0.717) is 5.92 Å². The van der Waals surface area contributed by atoms with E-state index in [9.17, 15) is 0 Å². The zero-order chi connectivity index (χ0) is 14.9. The Morgan fingerprint density at radius 1 is 1.29 bits per heavy atom. The van der Waals surface area contributed by atoms with E-state index < -0.39 is 0 Å². The van der Waals surface area contributed by atoms with Gasteiger partial charge in [-0.15, -0.1) is 5.10 Å². The minimum atomic E-state index is -0.0921. The van der Waals surface area contributed by atoms with Crippen molar-refractivity contribution in [1.29, 1.82) is 0 Å². The SMILES string of the molecule is CCN1CCC(c2ccccc2)(c2nnnn2C)C(C)C1. The first kappa shape index (κ1) is 14.2. The van der Waals surface area contributed by atoms with Crippen molar-refractivity contribution in [2.45, 2.75) is 25.7 Å². The molecule has 1 aromatic heterocycles. The Labute approximate surface area is 126 Å². The van der Waals surface area contributed by atoms with Crippen molar-refractivity contribution in [3.05, 3.63) is 41.7 Å². The summed E-state index contributed by atoms with van der Waals surface area (Å²) < 4.78 is 1.84. The van der Waals surface area contributed by atoms with Crippen molar-refractivity contribution in [3.63, 3.8) is 0 Å². The van der Waals surface area contributed by atoms with Gasteiger partial charge in [0.1, 0.15) is 0 Å². The van der Waals surface area contributed by atoms with Gasteiger partial charge in [0.2, 0.25) is 0 Å². The van der Waals surface area contributed by atoms with Crippen molar-refractivity contribution >= 4 is 0 Å². The maximum absolute atomic E-state index is 4.37. The van der Waals surface area contributed by atoms with Crippen LogP contribution < -0.4 is 0 Å². The quantitative estimate of drug-likeness (QED) is 0.863. The Morgan fingerprint density at radius 2 is 2.05 bits per heavy atom. The summed E-state index contributed by atoms with van der Waals surface area (Å²) in [6, 6.07) is 10.7. The first-order valence-corrected chi connectivity index (χ1v) is 7.69. The van der Waals surface area contributed by atoms with E-state index in [0.717, 1.165) is 31.9 Å². The number of aryl methyl sites for hydroxylation is 1. The molecule has 0 bridgehead atoms. The first-order chi connectivity index (χ1) is 10.2. The third kappa shape index (κ3) is 2.25. The number of piperidine rings is 1. The number of hydrogen-bond acceptors (Lipinski definition) is 4. The lowest BCUT2D eigenvalue weighted by Crippen LogP contribution is -2.50. The van der Waals surface area contributed by atoms with Gasteiger partial charge in [-0.05, 0) is 41.4 Å². The van der Waals surface area contributed by atoms with Gasteiger partial charge in [0.05, 0.1) is 5.41 Å². The monoisotopic (exact) mass is 285 g/mol. The molecule has 1 fully saturated rings. The molecule has 2 heterocycles. The predicted octanol–water partition coefficient (Wildman–Crippen LogP) is 1.86. The predicted molar refractivity (Wildman–Crippen MR) is 81.9 cm³/mol. The highest BCUT2D eigenvalue weighted by atomic mass is 15.5. The van der Waals surface area contributed by atoms with E-state index in [4.69, 9.17) is 0 Å². The topological polar surface area (TPSA) is 46.8 Å². The summed E-state index contributed by atoms with van der Waals surface area (Å²) in [4.78, 5) is 2.51. The molecule has 0 saturated carbocycles. The first-order valence-electron chi connectivity index (χ1n) is 7.69. The molecular formula is C16H23N5. The summed E-state index contributed by atoms with van der Waals surface area (Å²) in [5.41, 5.74) is 1.23. The summed E-state index contributed by atoms with van der Waals surface area (Å²) in [7, 11) is 1.94. The lowest BCUT2D eigenvalue weighted by atomic mass is 9.66. The van der Waals surface area contributed by atoms with Gasteiger partial charge in [0.25, 0.3) is 0 Å². The zero-order valence-corrected chi connectivity index (χ0v) is 13.0. The number of hydrogen-bond donors (Lipinski definition) is 0. The van der Waals surface area contributed by atoms with Gasteiger partial charge >= 0.3 is 0 Å². The van der Waals surface area contributed by atoms with Crippen LogP contribution in [-0.2, 0) is 12.5 Å². The van der Waals surface area contributed by atoms with E-state index in [2.05, 4.69) is 64.6 Å². The van der Waals surface area contributed by atoms with Crippen molar-refractivity contribution in [2.75, 3.05) is 19.6 Å². The molecule has 0 aliphatic carbocycles. The minimum absolute atomic E-state index is 0.0921. The second-order valence-electron chi connectivity index (χ2n) is 6.01. The number of likely N-dealkylation sites (tertiary alicyclic amines) is 1. The van der Waals surface area contributed by atoms with Gasteiger partial charge in [-0.2, -0.15) is 0 Å². The van der Waals surface area contributed by atoms with Gasteiger partial charge in [0, 0.05) is 13.6 Å². The molecule has 1 saturated heterocycles. The van der Waals surface area contributed by atoms with Crippen LogP contribution >= 0.6 is 0 Å². The summed E-state index contributed by atoms with van der Waals surface area (Å²) in [5.74, 6) is 1.45. The van der Waals surface area contributed by atoms with Crippen molar-refractivity contribution in [1.82, 2.24) is 25.1 Å². The Kier molecular flexibility index (Phi) is 3.76. The van der Waals surface area contributed by atoms with E-state index >= 15 is 0 Å². The van der Waals surface area contributed by atoms with Crippen molar-refractivity contribution < 1.29 is 0 Å². The standard InChI is InChI=1S/C16H23N5/c1-4-21-11-10-16(13(2)12-21,14-8-6-5-7-9-14)15-17-18-19-20(15)3/h5-9,13H,4,10-12H2,1-3H3. The Bertz CT molecular complexity index is 594. The van der Waals surface area contributed by atoms with E-state index in [1.54, 1.807) is 0 Å². The highest BCUT2D eigenvalue weighted by Crippen LogP contribution is 2.43. The third-order valence-electron chi connectivity index (χ3n) is 4.95. The molecule has 3 rings (SSSR count). The molecule has 112 valence electrons. The lowest BCUT2D eigenvalue weighted by Gasteiger charge is -2.45. The molecule has 5 nitrogen and oxygen atoms in total. The van der Waals surface area contributed by atoms with E-state index in [1.807, 2.05) is 11.7 Å². The number of benzene rings is 1. The zero-order valence-electron chi connectivity index (χ0n) is 13.0. The third-order valence-corrected chi connectivity index (χ3v) is 4.95. The normalized spacial score (nSPS) is 26.9. The molecule has 1 aromatic carbocycles. The molecule has 2 aromatic rings. The van der Waals surface area contributed by atoms with Gasteiger partial charge in [-0.25, -0.2) is 4.68 Å². The summed E-state index contributed by atoms with van der Waals surface area (Å²) in [6.07, 6.45) is 1.06. The Balaban J connectivity index is 2.11. The number of rotatable bonds is 3. The van der Waals surface area contributed by atoms with Crippen LogP contribution in [0.25, 0.3) is 0 Å². The Hall–Kier alpha value is -1.75. The van der Waals surface area contributed by atoms with Crippen LogP contribution in [0, 0.1) is 5.92 Å². The fraction of sp³-hybridized carbons (Fsp3) is 0.562. The van der Waals surface area contributed by atoms with Crippen LogP contribution in [-0.4, -0.2) is 44.7 Å². The minimum Gasteiger partial charge on any atom is -0.303 e. The lowest BCUT2D eigenvalue weighted by molar-refractivity contribution is 0.121. The molecular weight excluding hydrogens is 262 g/mol. The Morgan fingerprint density at radius 3 is 2.62 bits per heavy atom. The van der Waals surface area contributed by atoms with Crippen molar-refractivity contribution in [3.8, 4) is 0 Å². The van der Waals surface area contributed by atoms with Gasteiger partial charge < -0.3 is 4.90 Å². The van der Waals surface area contributed by atoms with Crippen LogP contribution in [0.2, 0.25) is 0 Å². The van der Waals surface area contributed by atoms with Gasteiger partial charge in [0.15, 0.2) is 5.82 Å². The van der Waals surface area contributed by atoms with Crippen LogP contribution in [0.5, 0.6) is 0 Å². The number of nitrogens with zero attached hydrogens (tertiary/aromatic N) is 5. The molecule has 5 heteroatoms. The van der Waals surface area contributed by atoms with Crippen LogP contribution in [0.3, 0.4) is 0 Å². The fourth-order valence-corrected chi connectivity index (χ4v) is 3.74. The molecule has 21 heavy (non-hydrogen) atoms. The molecule has 1 aliphatic rings. The highest BCUT2D eigenvalue weighted by molar-refractivity contribution is 5.35. The van der Waals surface area contributed by atoms with Crippen LogP contribution in [0.15, 0.2) is 30.3 Å². The number of tetrazole rings is 1. The molecule has 0 spiro atoms. The molecule has 0 radical (unpaired) electrons. The molecule has 0 amide bonds. The smallest absolute Gasteiger partial charge is 0.161 e. The molecule has 1 aliphatic heterocycles. The summed E-state index contributed by atoms with van der Waals surface area (Å²) in [5, 5.41) is 12.3. The largest absolute Gasteiger partial charge is 0.303 e. The van der Waals surface area contributed by atoms with E-state index in [-0.39, 0.29) is 5.41 Å². The summed E-state index contributed by atoms with van der Waals surface area (Å²) >= 11 is 0. The van der Waals surface area contributed by atoms with Crippen LogP contribution in [0.1, 0.15) is 31.7 Å². The van der Waals surface area contributed by atoms with Gasteiger partial charge in [-0.1, -0.05) is 44.2 Å². The van der Waals surface area contributed by atoms with Crippen LogP contribution in [0.4, 0.5) is 0 Å². The van der Waals surface area contributed by atoms with Gasteiger partial charge in [-0.3, -0.25) is 0 Å². The average Bonchev–Trinajstić information content (AvgIpc) is 2.95. The fourth-order valence-electron chi connectivity index (χ4n) is 3.74. The summed E-state index contributed by atoms with van der Waals surface area (Å²) in [6.45, 7) is 7.82. The maximum atomic E-state index is 4.37. The second kappa shape index (κ2) is 5.56. The highest BCUT2D eigenvalue weighted by Gasteiger charge is 2.46. The second-order valence-corrected chi connectivity index (χ2v) is 6.01. The number of aromatic nitrogens is 4. The molecule has 0 N–H and O–H groups in total. The molecule has 2 atom stereocenters. The maximum Gasteiger partial charge on any atom is 0.161 e. The molecule has 2 unspecified atom stereocenters. The van der Waals surface area contributed by atoms with E-state index in [1.165, 1.54) is 5.56 Å².